The molecule has 0 bridgehead atoms. The van der Waals surface area contributed by atoms with E-state index < -0.39 is 36.4 Å². The van der Waals surface area contributed by atoms with Crippen LogP contribution in [-0.2, 0) is 14.3 Å². The first kappa shape index (κ1) is 21.8. The van der Waals surface area contributed by atoms with Gasteiger partial charge in [0.05, 0.1) is 24.0 Å². The number of nitrogens with zero attached hydrogens (tertiary/aromatic N) is 3. The van der Waals surface area contributed by atoms with E-state index in [0.717, 1.165) is 6.92 Å². The number of amides is 3. The number of anilines is 2. The molecule has 0 aromatic heterocycles. The van der Waals surface area contributed by atoms with Crippen LogP contribution in [0.3, 0.4) is 0 Å². The lowest BCUT2D eigenvalue weighted by molar-refractivity contribution is -0.127. The SMILES string of the molecule is CC(=O)N([O-])C[C@@H]1CN(c2ccc(N3C[C@@H](C)[C@@H](NC(=O)CO)C3)c(F)c2)C(=O)O1. The van der Waals surface area contributed by atoms with Gasteiger partial charge in [-0.2, -0.15) is 0 Å². The normalized spacial score (nSPS) is 23.5. The highest BCUT2D eigenvalue weighted by Crippen LogP contribution is 2.31. The smallest absolute Gasteiger partial charge is 0.414 e. The summed E-state index contributed by atoms with van der Waals surface area (Å²) < 4.78 is 19.9. The minimum absolute atomic E-state index is 0.0274. The molecule has 2 heterocycles. The summed E-state index contributed by atoms with van der Waals surface area (Å²) in [6, 6.07) is 4.12. The van der Waals surface area contributed by atoms with E-state index in [1.165, 1.54) is 11.0 Å². The third-order valence-corrected chi connectivity index (χ3v) is 5.28. The topological polar surface area (TPSA) is 125 Å². The van der Waals surface area contributed by atoms with Gasteiger partial charge in [-0.25, -0.2) is 9.18 Å². The molecule has 0 aliphatic carbocycles. The molecular formula is C19H24FN4O6-. The van der Waals surface area contributed by atoms with Crippen LogP contribution in [0.25, 0.3) is 0 Å². The number of aliphatic hydroxyl groups excluding tert-OH is 1. The van der Waals surface area contributed by atoms with Gasteiger partial charge in [-0.3, -0.25) is 14.5 Å². The van der Waals surface area contributed by atoms with Gasteiger partial charge in [-0.1, -0.05) is 6.92 Å². The van der Waals surface area contributed by atoms with Crippen LogP contribution in [0, 0.1) is 16.9 Å². The molecule has 11 heteroatoms. The third-order valence-electron chi connectivity index (χ3n) is 5.28. The molecule has 3 atom stereocenters. The minimum atomic E-state index is -0.794. The second kappa shape index (κ2) is 8.84. The Hall–Kier alpha value is -2.92. The molecule has 2 fully saturated rings. The molecule has 2 N–H and O–H groups in total. The molecule has 3 amide bonds. The lowest BCUT2D eigenvalue weighted by Crippen LogP contribution is -2.41. The van der Waals surface area contributed by atoms with Gasteiger partial charge >= 0.3 is 6.09 Å². The summed E-state index contributed by atoms with van der Waals surface area (Å²) in [6.07, 6.45) is -1.51. The summed E-state index contributed by atoms with van der Waals surface area (Å²) >= 11 is 0. The maximum Gasteiger partial charge on any atom is 0.414 e. The number of hydrogen-bond acceptors (Lipinski definition) is 7. The van der Waals surface area contributed by atoms with Crippen molar-refractivity contribution in [1.82, 2.24) is 10.4 Å². The maximum absolute atomic E-state index is 14.8. The average Bonchev–Trinajstić information content (AvgIpc) is 3.23. The van der Waals surface area contributed by atoms with Crippen LogP contribution < -0.4 is 15.1 Å². The number of halogens is 1. The number of rotatable bonds is 6. The average molecular weight is 423 g/mol. The first-order valence-corrected chi connectivity index (χ1v) is 9.57. The number of benzene rings is 1. The van der Waals surface area contributed by atoms with Crippen molar-refractivity contribution in [1.29, 1.82) is 0 Å². The first-order chi connectivity index (χ1) is 14.2. The quantitative estimate of drug-likeness (QED) is 0.636. The van der Waals surface area contributed by atoms with Crippen molar-refractivity contribution in [3.8, 4) is 0 Å². The Kier molecular flexibility index (Phi) is 6.42. The highest BCUT2D eigenvalue weighted by Gasteiger charge is 2.35. The third kappa shape index (κ3) is 4.62. The van der Waals surface area contributed by atoms with Crippen LogP contribution >= 0.6 is 0 Å². The van der Waals surface area contributed by atoms with Crippen LogP contribution in [0.1, 0.15) is 13.8 Å². The van der Waals surface area contributed by atoms with Crippen LogP contribution in [0.4, 0.5) is 20.6 Å². The highest BCUT2D eigenvalue weighted by atomic mass is 19.1. The van der Waals surface area contributed by atoms with Crippen LogP contribution in [0.15, 0.2) is 18.2 Å². The van der Waals surface area contributed by atoms with Crippen molar-refractivity contribution in [3.63, 3.8) is 0 Å². The fraction of sp³-hybridized carbons (Fsp3) is 0.526. The number of aliphatic hydroxyl groups is 1. The Morgan fingerprint density at radius 1 is 1.37 bits per heavy atom. The molecule has 1 aromatic carbocycles. The van der Waals surface area contributed by atoms with Crippen molar-refractivity contribution < 1.29 is 28.6 Å². The molecule has 164 valence electrons. The van der Waals surface area contributed by atoms with Gasteiger partial charge in [0.25, 0.3) is 0 Å². The fourth-order valence-corrected chi connectivity index (χ4v) is 3.66. The molecule has 0 unspecified atom stereocenters. The maximum atomic E-state index is 14.8. The Morgan fingerprint density at radius 2 is 2.10 bits per heavy atom. The molecular weight excluding hydrogens is 399 g/mol. The Balaban J connectivity index is 1.68. The largest absolute Gasteiger partial charge is 0.756 e. The molecule has 0 spiro atoms. The van der Waals surface area contributed by atoms with Crippen LogP contribution in [-0.4, -0.2) is 73.0 Å². The van der Waals surface area contributed by atoms with E-state index in [4.69, 9.17) is 9.84 Å². The second-order valence-electron chi connectivity index (χ2n) is 7.55. The van der Waals surface area contributed by atoms with E-state index in [0.29, 0.717) is 18.8 Å². The monoisotopic (exact) mass is 423 g/mol. The predicted octanol–water partition coefficient (Wildman–Crippen LogP) is 0.430. The Bertz CT molecular complexity index is 837. The van der Waals surface area contributed by atoms with Crippen LogP contribution in [0.2, 0.25) is 0 Å². The molecule has 0 radical (unpaired) electrons. The van der Waals surface area contributed by atoms with Crippen molar-refractivity contribution in [3.05, 3.63) is 29.2 Å². The predicted molar refractivity (Wildman–Crippen MR) is 105 cm³/mol. The number of carbonyl (C=O) groups excluding carboxylic acids is 3. The Labute approximate surface area is 172 Å². The molecule has 3 rings (SSSR count). The minimum Gasteiger partial charge on any atom is -0.756 e. The summed E-state index contributed by atoms with van der Waals surface area (Å²) in [6.45, 7) is 3.09. The van der Waals surface area contributed by atoms with Gasteiger partial charge in [0.1, 0.15) is 18.5 Å². The van der Waals surface area contributed by atoms with E-state index in [2.05, 4.69) is 5.32 Å². The molecule has 1 aromatic rings. The number of carbonyl (C=O) groups is 3. The summed E-state index contributed by atoms with van der Waals surface area (Å²) in [5.41, 5.74) is 0.610. The van der Waals surface area contributed by atoms with E-state index in [1.54, 1.807) is 17.0 Å². The van der Waals surface area contributed by atoms with Gasteiger partial charge in [0.15, 0.2) is 0 Å². The zero-order valence-corrected chi connectivity index (χ0v) is 16.7. The molecule has 2 saturated heterocycles. The van der Waals surface area contributed by atoms with Crippen molar-refractivity contribution in [2.24, 2.45) is 5.92 Å². The van der Waals surface area contributed by atoms with E-state index >= 15 is 0 Å². The molecule has 10 nitrogen and oxygen atoms in total. The van der Waals surface area contributed by atoms with Gasteiger partial charge in [0, 0.05) is 26.6 Å². The van der Waals surface area contributed by atoms with Crippen molar-refractivity contribution >= 4 is 29.3 Å². The van der Waals surface area contributed by atoms with Gasteiger partial charge in [-0.15, -0.1) is 0 Å². The fourth-order valence-electron chi connectivity index (χ4n) is 3.66. The summed E-state index contributed by atoms with van der Waals surface area (Å²) in [5, 5.41) is 23.3. The van der Waals surface area contributed by atoms with E-state index in [9.17, 15) is 24.0 Å². The van der Waals surface area contributed by atoms with Gasteiger partial charge in [0.2, 0.25) is 11.8 Å². The first-order valence-electron chi connectivity index (χ1n) is 9.57. The zero-order chi connectivity index (χ0) is 22.0. The van der Waals surface area contributed by atoms with E-state index in [1.807, 2.05) is 6.92 Å². The van der Waals surface area contributed by atoms with Gasteiger partial charge in [-0.05, 0) is 24.1 Å². The second-order valence-corrected chi connectivity index (χ2v) is 7.55. The lowest BCUT2D eigenvalue weighted by Gasteiger charge is -2.28. The molecule has 2 aliphatic rings. The lowest BCUT2D eigenvalue weighted by atomic mass is 10.1. The number of hydroxylamine groups is 2. The summed E-state index contributed by atoms with van der Waals surface area (Å²) in [7, 11) is 0. The number of cyclic esters (lactones) is 1. The highest BCUT2D eigenvalue weighted by molar-refractivity contribution is 5.90. The zero-order valence-electron chi connectivity index (χ0n) is 16.7. The molecule has 0 saturated carbocycles. The van der Waals surface area contributed by atoms with Crippen LogP contribution in [0.5, 0.6) is 0 Å². The summed E-state index contributed by atoms with van der Waals surface area (Å²) in [5.74, 6) is -1.65. The summed E-state index contributed by atoms with van der Waals surface area (Å²) in [4.78, 5) is 37.6. The van der Waals surface area contributed by atoms with Crippen molar-refractivity contribution in [2.45, 2.75) is 26.0 Å². The molecule has 30 heavy (non-hydrogen) atoms. The number of nitrogens with one attached hydrogen (secondary N) is 1. The van der Waals surface area contributed by atoms with Crippen molar-refractivity contribution in [2.75, 3.05) is 42.6 Å². The number of hydrogen-bond donors (Lipinski definition) is 2. The van der Waals surface area contributed by atoms with E-state index in [-0.39, 0.29) is 35.8 Å². The molecule has 2 aliphatic heterocycles. The number of ether oxygens (including phenoxy) is 1. The Morgan fingerprint density at radius 3 is 2.73 bits per heavy atom. The van der Waals surface area contributed by atoms with Gasteiger partial charge < -0.3 is 30.3 Å². The standard InChI is InChI=1S/C19H24FN4O6/c1-11-6-22(9-16(11)21-18(27)10-25)17-4-3-13(5-15(17)20)23-7-14(30-19(23)28)8-24(29)12(2)26/h3-5,11,14,16,25H,6-10H2,1-2H3,(H,21,27)/q-1/t11-,14+,16+/m1/s1.